The average Bonchev–Trinajstić information content (AvgIpc) is 3.21. The number of hydrogen-bond donors (Lipinski definition) is 1. The number of likely N-dealkylation sites (tertiary alicyclic amines) is 1. The van der Waals surface area contributed by atoms with Crippen LogP contribution < -0.4 is 5.73 Å². The quantitative estimate of drug-likeness (QED) is 0.797. The molecule has 4 nitrogen and oxygen atoms in total. The van der Waals surface area contributed by atoms with Crippen molar-refractivity contribution < 1.29 is 4.79 Å². The Morgan fingerprint density at radius 2 is 2.11 bits per heavy atom. The SMILES string of the molecule is CCC1CCCN(CC(=O)N(C)C2CC2)C1CN. The minimum Gasteiger partial charge on any atom is -0.342 e. The summed E-state index contributed by atoms with van der Waals surface area (Å²) in [7, 11) is 1.94. The summed E-state index contributed by atoms with van der Waals surface area (Å²) in [4.78, 5) is 16.4. The second-order valence-corrected chi connectivity index (χ2v) is 5.82. The van der Waals surface area contributed by atoms with Gasteiger partial charge >= 0.3 is 0 Å². The topological polar surface area (TPSA) is 49.6 Å². The minimum atomic E-state index is 0.271. The van der Waals surface area contributed by atoms with Crippen molar-refractivity contribution in [3.63, 3.8) is 0 Å². The molecule has 4 heteroatoms. The summed E-state index contributed by atoms with van der Waals surface area (Å²) < 4.78 is 0. The van der Waals surface area contributed by atoms with Crippen LogP contribution in [0.25, 0.3) is 0 Å². The molecule has 2 N–H and O–H groups in total. The van der Waals surface area contributed by atoms with Gasteiger partial charge in [-0.2, -0.15) is 0 Å². The van der Waals surface area contributed by atoms with Crippen LogP contribution >= 0.6 is 0 Å². The lowest BCUT2D eigenvalue weighted by Gasteiger charge is -2.40. The number of hydrogen-bond acceptors (Lipinski definition) is 3. The summed E-state index contributed by atoms with van der Waals surface area (Å²) >= 11 is 0. The zero-order valence-corrected chi connectivity index (χ0v) is 11.8. The predicted molar refractivity (Wildman–Crippen MR) is 73.2 cm³/mol. The van der Waals surface area contributed by atoms with E-state index < -0.39 is 0 Å². The fourth-order valence-corrected chi connectivity index (χ4v) is 3.18. The Hall–Kier alpha value is -0.610. The van der Waals surface area contributed by atoms with Crippen LogP contribution in [0.2, 0.25) is 0 Å². The Balaban J connectivity index is 1.91. The molecule has 1 aliphatic heterocycles. The first-order valence-electron chi connectivity index (χ1n) is 7.37. The Morgan fingerprint density at radius 3 is 2.67 bits per heavy atom. The standard InChI is InChI=1S/C14H27N3O/c1-3-11-5-4-8-17(13(11)9-15)10-14(18)16(2)12-6-7-12/h11-13H,3-10,15H2,1-2H3. The molecule has 1 amide bonds. The molecule has 2 rings (SSSR count). The normalized spacial score (nSPS) is 29.3. The highest BCUT2D eigenvalue weighted by Gasteiger charge is 2.34. The van der Waals surface area contributed by atoms with Crippen molar-refractivity contribution >= 4 is 5.91 Å². The first kappa shape index (κ1) is 13.8. The highest BCUT2D eigenvalue weighted by atomic mass is 16.2. The maximum atomic E-state index is 12.2. The first-order chi connectivity index (χ1) is 8.67. The molecule has 0 radical (unpaired) electrons. The van der Waals surface area contributed by atoms with Gasteiger partial charge in [-0.15, -0.1) is 0 Å². The Morgan fingerprint density at radius 1 is 1.39 bits per heavy atom. The number of piperidine rings is 1. The molecule has 0 bridgehead atoms. The van der Waals surface area contributed by atoms with Gasteiger partial charge in [0.25, 0.3) is 0 Å². The van der Waals surface area contributed by atoms with Gasteiger partial charge in [0.1, 0.15) is 0 Å². The number of rotatable bonds is 5. The third kappa shape index (κ3) is 3.04. The van der Waals surface area contributed by atoms with E-state index in [1.807, 2.05) is 11.9 Å². The van der Waals surface area contributed by atoms with E-state index in [-0.39, 0.29) is 5.91 Å². The molecule has 0 aromatic heterocycles. The molecule has 0 spiro atoms. The van der Waals surface area contributed by atoms with Gasteiger partial charge in [0.2, 0.25) is 5.91 Å². The molecule has 18 heavy (non-hydrogen) atoms. The van der Waals surface area contributed by atoms with Crippen molar-refractivity contribution in [1.82, 2.24) is 9.80 Å². The lowest BCUT2D eigenvalue weighted by atomic mass is 9.87. The van der Waals surface area contributed by atoms with Crippen LogP contribution in [0, 0.1) is 5.92 Å². The van der Waals surface area contributed by atoms with Crippen LogP contribution in [0.5, 0.6) is 0 Å². The maximum absolute atomic E-state index is 12.2. The molecule has 2 fully saturated rings. The zero-order chi connectivity index (χ0) is 13.1. The molecule has 0 aromatic rings. The number of carbonyl (C=O) groups is 1. The van der Waals surface area contributed by atoms with E-state index >= 15 is 0 Å². The van der Waals surface area contributed by atoms with E-state index in [2.05, 4.69) is 11.8 Å². The lowest BCUT2D eigenvalue weighted by molar-refractivity contribution is -0.132. The van der Waals surface area contributed by atoms with Gasteiger partial charge in [0.15, 0.2) is 0 Å². The molecule has 104 valence electrons. The van der Waals surface area contributed by atoms with Gasteiger partial charge in [0.05, 0.1) is 6.54 Å². The fourth-order valence-electron chi connectivity index (χ4n) is 3.18. The summed E-state index contributed by atoms with van der Waals surface area (Å²) in [6.45, 7) is 4.50. The second kappa shape index (κ2) is 6.02. The summed E-state index contributed by atoms with van der Waals surface area (Å²) in [6.07, 6.45) is 6.00. The summed E-state index contributed by atoms with van der Waals surface area (Å²) in [5.74, 6) is 0.940. The summed E-state index contributed by atoms with van der Waals surface area (Å²) in [6, 6.07) is 0.917. The van der Waals surface area contributed by atoms with Crippen LogP contribution in [0.1, 0.15) is 39.0 Å². The van der Waals surface area contributed by atoms with Crippen molar-refractivity contribution in [3.8, 4) is 0 Å². The van der Waals surface area contributed by atoms with Gasteiger partial charge in [-0.1, -0.05) is 13.3 Å². The van der Waals surface area contributed by atoms with Crippen molar-refractivity contribution in [2.45, 2.75) is 51.1 Å². The fraction of sp³-hybridized carbons (Fsp3) is 0.929. The molecule has 2 atom stereocenters. The number of nitrogens with zero attached hydrogens (tertiary/aromatic N) is 2. The van der Waals surface area contributed by atoms with Gasteiger partial charge in [0, 0.05) is 25.7 Å². The van der Waals surface area contributed by atoms with Crippen molar-refractivity contribution in [2.24, 2.45) is 11.7 Å². The molecule has 1 aliphatic carbocycles. The van der Waals surface area contributed by atoms with Gasteiger partial charge < -0.3 is 10.6 Å². The van der Waals surface area contributed by atoms with Crippen LogP contribution in [0.4, 0.5) is 0 Å². The molecule has 2 aliphatic rings. The second-order valence-electron chi connectivity index (χ2n) is 5.82. The van der Waals surface area contributed by atoms with Crippen LogP contribution in [0.3, 0.4) is 0 Å². The minimum absolute atomic E-state index is 0.271. The van der Waals surface area contributed by atoms with E-state index in [4.69, 9.17) is 5.73 Å². The smallest absolute Gasteiger partial charge is 0.236 e. The first-order valence-corrected chi connectivity index (χ1v) is 7.37. The van der Waals surface area contributed by atoms with Gasteiger partial charge in [-0.05, 0) is 38.1 Å². The van der Waals surface area contributed by atoms with E-state index in [1.54, 1.807) is 0 Å². The van der Waals surface area contributed by atoms with Crippen molar-refractivity contribution in [2.75, 3.05) is 26.7 Å². The molecule has 1 saturated carbocycles. The molecule has 0 aromatic carbocycles. The van der Waals surface area contributed by atoms with E-state index in [0.29, 0.717) is 31.1 Å². The lowest BCUT2D eigenvalue weighted by Crippen LogP contribution is -2.52. The average molecular weight is 253 g/mol. The molecular weight excluding hydrogens is 226 g/mol. The van der Waals surface area contributed by atoms with E-state index in [9.17, 15) is 4.79 Å². The van der Waals surface area contributed by atoms with Crippen molar-refractivity contribution in [3.05, 3.63) is 0 Å². The maximum Gasteiger partial charge on any atom is 0.236 e. The largest absolute Gasteiger partial charge is 0.342 e. The molecular formula is C14H27N3O. The number of likely N-dealkylation sites (N-methyl/N-ethyl adjacent to an activating group) is 1. The summed E-state index contributed by atoms with van der Waals surface area (Å²) in [5, 5.41) is 0. The molecule has 1 heterocycles. The molecule has 2 unspecified atom stereocenters. The number of nitrogens with two attached hydrogens (primary N) is 1. The molecule has 1 saturated heterocycles. The third-order valence-corrected chi connectivity index (χ3v) is 4.63. The van der Waals surface area contributed by atoms with Gasteiger partial charge in [-0.25, -0.2) is 0 Å². The Kier molecular flexibility index (Phi) is 4.62. The van der Waals surface area contributed by atoms with E-state index in [0.717, 1.165) is 6.54 Å². The van der Waals surface area contributed by atoms with Crippen LogP contribution in [-0.4, -0.2) is 54.5 Å². The van der Waals surface area contributed by atoms with Crippen LogP contribution in [0.15, 0.2) is 0 Å². The highest BCUT2D eigenvalue weighted by molar-refractivity contribution is 5.78. The van der Waals surface area contributed by atoms with Gasteiger partial charge in [-0.3, -0.25) is 9.69 Å². The van der Waals surface area contributed by atoms with Crippen LogP contribution in [-0.2, 0) is 4.79 Å². The Bertz CT molecular complexity index is 291. The highest BCUT2D eigenvalue weighted by Crippen LogP contribution is 2.28. The monoisotopic (exact) mass is 253 g/mol. The number of amides is 1. The number of carbonyl (C=O) groups excluding carboxylic acids is 1. The third-order valence-electron chi connectivity index (χ3n) is 4.63. The zero-order valence-electron chi connectivity index (χ0n) is 11.8. The Labute approximate surface area is 110 Å². The predicted octanol–water partition coefficient (Wildman–Crippen LogP) is 1.06. The summed E-state index contributed by atoms with van der Waals surface area (Å²) in [5.41, 5.74) is 5.92. The van der Waals surface area contributed by atoms with E-state index in [1.165, 1.54) is 32.1 Å². The van der Waals surface area contributed by atoms with Crippen molar-refractivity contribution in [1.29, 1.82) is 0 Å².